The van der Waals surface area contributed by atoms with Crippen LogP contribution in [0.2, 0.25) is 0 Å². The number of nitrogens with zero attached hydrogens (tertiary/aromatic N) is 1. The summed E-state index contributed by atoms with van der Waals surface area (Å²) in [4.78, 5) is 24.1. The zero-order chi connectivity index (χ0) is 17.7. The van der Waals surface area contributed by atoms with Gasteiger partial charge in [0.2, 0.25) is 11.8 Å². The number of carbonyl (C=O) groups excluding carboxylic acids is 2. The number of nitrogens with one attached hydrogen (secondary N) is 2. The molecule has 0 fully saturated rings. The molecule has 2 aromatic rings. The third kappa shape index (κ3) is 4.94. The number of amides is 2. The van der Waals surface area contributed by atoms with Crippen molar-refractivity contribution in [3.05, 3.63) is 47.7 Å². The van der Waals surface area contributed by atoms with Crippen molar-refractivity contribution in [1.82, 2.24) is 10.5 Å². The second-order valence-electron chi connectivity index (χ2n) is 6.82. The van der Waals surface area contributed by atoms with Gasteiger partial charge in [0.05, 0.1) is 5.69 Å². The van der Waals surface area contributed by atoms with Gasteiger partial charge < -0.3 is 9.84 Å². The van der Waals surface area contributed by atoms with Crippen molar-refractivity contribution in [3.63, 3.8) is 0 Å². The van der Waals surface area contributed by atoms with Crippen molar-refractivity contribution in [2.24, 2.45) is 0 Å². The lowest BCUT2D eigenvalue weighted by molar-refractivity contribution is -0.116. The summed E-state index contributed by atoms with van der Waals surface area (Å²) in [5, 5.41) is 9.40. The highest BCUT2D eigenvalue weighted by atomic mass is 16.5. The van der Waals surface area contributed by atoms with Gasteiger partial charge in [-0.3, -0.25) is 14.9 Å². The lowest BCUT2D eigenvalue weighted by Gasteiger charge is -2.13. The van der Waals surface area contributed by atoms with Gasteiger partial charge in [-0.05, 0) is 19.1 Å². The molecule has 0 radical (unpaired) electrons. The predicted octanol–water partition coefficient (Wildman–Crippen LogP) is 3.12. The Morgan fingerprint density at radius 1 is 1.21 bits per heavy atom. The first kappa shape index (κ1) is 17.7. The maximum Gasteiger partial charge on any atom is 0.251 e. The monoisotopic (exact) mass is 329 g/mol. The fourth-order valence-electron chi connectivity index (χ4n) is 2.10. The highest BCUT2D eigenvalue weighted by Crippen LogP contribution is 2.23. The van der Waals surface area contributed by atoms with E-state index in [0.29, 0.717) is 11.4 Å². The van der Waals surface area contributed by atoms with Crippen LogP contribution in [-0.4, -0.2) is 23.0 Å². The van der Waals surface area contributed by atoms with Gasteiger partial charge >= 0.3 is 0 Å². The van der Waals surface area contributed by atoms with E-state index in [4.69, 9.17) is 4.52 Å². The van der Waals surface area contributed by atoms with Gasteiger partial charge in [0.25, 0.3) is 5.91 Å². The summed E-state index contributed by atoms with van der Waals surface area (Å²) in [6, 6.07) is 10.3. The molecule has 1 aromatic carbocycles. The zero-order valence-corrected chi connectivity index (χ0v) is 14.4. The molecule has 128 valence electrons. The van der Waals surface area contributed by atoms with Gasteiger partial charge in [-0.2, -0.15) is 0 Å². The average Bonchev–Trinajstić information content (AvgIpc) is 2.96. The summed E-state index contributed by atoms with van der Waals surface area (Å²) in [6.45, 7) is 7.81. The van der Waals surface area contributed by atoms with Crippen LogP contribution in [0.3, 0.4) is 0 Å². The first-order valence-electron chi connectivity index (χ1n) is 7.88. The van der Waals surface area contributed by atoms with Crippen molar-refractivity contribution in [1.29, 1.82) is 0 Å². The number of hydrogen-bond donors (Lipinski definition) is 2. The van der Waals surface area contributed by atoms with E-state index in [1.54, 1.807) is 37.3 Å². The minimum atomic E-state index is -0.303. The molecule has 6 heteroatoms. The molecule has 0 saturated heterocycles. The van der Waals surface area contributed by atoms with E-state index in [-0.39, 0.29) is 29.7 Å². The molecule has 0 aliphatic carbocycles. The Labute approximate surface area is 141 Å². The fourth-order valence-corrected chi connectivity index (χ4v) is 2.10. The van der Waals surface area contributed by atoms with Gasteiger partial charge in [0, 0.05) is 29.5 Å². The highest BCUT2D eigenvalue weighted by molar-refractivity contribution is 5.95. The van der Waals surface area contributed by atoms with Crippen LogP contribution in [0.4, 0.5) is 5.88 Å². The third-order valence-corrected chi connectivity index (χ3v) is 3.45. The molecule has 2 amide bonds. The van der Waals surface area contributed by atoms with Gasteiger partial charge in [-0.1, -0.05) is 44.1 Å². The molecular weight excluding hydrogens is 306 g/mol. The van der Waals surface area contributed by atoms with Crippen LogP contribution in [0, 0.1) is 0 Å². The number of carbonyl (C=O) groups is 2. The number of anilines is 1. The topological polar surface area (TPSA) is 84.2 Å². The fraction of sp³-hybridized carbons (Fsp3) is 0.389. The summed E-state index contributed by atoms with van der Waals surface area (Å²) < 4.78 is 5.12. The molecule has 0 saturated carbocycles. The van der Waals surface area contributed by atoms with E-state index in [0.717, 1.165) is 5.69 Å². The second-order valence-corrected chi connectivity index (χ2v) is 6.82. The van der Waals surface area contributed by atoms with E-state index in [9.17, 15) is 9.59 Å². The second kappa shape index (κ2) is 7.29. The smallest absolute Gasteiger partial charge is 0.251 e. The Hall–Kier alpha value is -2.63. The zero-order valence-electron chi connectivity index (χ0n) is 14.4. The first-order valence-corrected chi connectivity index (χ1v) is 7.88. The summed E-state index contributed by atoms with van der Waals surface area (Å²) in [5.41, 5.74) is 1.18. The molecule has 2 N–H and O–H groups in total. The number of hydrogen-bond acceptors (Lipinski definition) is 4. The standard InChI is InChI=1S/C18H23N3O3/c1-12(19-17(23)13-8-6-5-7-9-13)10-15(22)20-16-11-14(21-24-16)18(2,3)4/h5-9,11-12H,10H2,1-4H3,(H,19,23)(H,20,22). The van der Waals surface area contributed by atoms with E-state index in [2.05, 4.69) is 15.8 Å². The Bertz CT molecular complexity index is 702. The molecule has 24 heavy (non-hydrogen) atoms. The predicted molar refractivity (Wildman–Crippen MR) is 91.8 cm³/mol. The van der Waals surface area contributed by atoms with Crippen molar-refractivity contribution in [2.75, 3.05) is 5.32 Å². The minimum Gasteiger partial charge on any atom is -0.349 e. The lowest BCUT2D eigenvalue weighted by atomic mass is 9.92. The van der Waals surface area contributed by atoms with E-state index < -0.39 is 0 Å². The third-order valence-electron chi connectivity index (χ3n) is 3.45. The quantitative estimate of drug-likeness (QED) is 0.882. The summed E-state index contributed by atoms with van der Waals surface area (Å²) in [7, 11) is 0. The summed E-state index contributed by atoms with van der Waals surface area (Å²) in [6.07, 6.45) is 0.143. The lowest BCUT2D eigenvalue weighted by Crippen LogP contribution is -2.35. The Morgan fingerprint density at radius 2 is 1.88 bits per heavy atom. The summed E-state index contributed by atoms with van der Waals surface area (Å²) in [5.74, 6) is -0.135. The molecule has 1 aromatic heterocycles. The van der Waals surface area contributed by atoms with E-state index in [1.807, 2.05) is 26.8 Å². The normalized spacial score (nSPS) is 12.5. The molecule has 1 unspecified atom stereocenters. The maximum absolute atomic E-state index is 12.0. The maximum atomic E-state index is 12.0. The molecule has 2 rings (SSSR count). The molecule has 0 aliphatic rings. The molecule has 0 spiro atoms. The van der Waals surface area contributed by atoms with Gasteiger partial charge in [0.15, 0.2) is 0 Å². The molecule has 1 atom stereocenters. The minimum absolute atomic E-state index is 0.143. The molecule has 0 bridgehead atoms. The van der Waals surface area contributed by atoms with Crippen LogP contribution in [0.15, 0.2) is 40.9 Å². The SMILES string of the molecule is CC(CC(=O)Nc1cc(C(C)(C)C)no1)NC(=O)c1ccccc1. The van der Waals surface area contributed by atoms with Crippen LogP contribution >= 0.6 is 0 Å². The van der Waals surface area contributed by atoms with Crippen LogP contribution < -0.4 is 10.6 Å². The number of benzene rings is 1. The Morgan fingerprint density at radius 3 is 2.46 bits per heavy atom. The number of rotatable bonds is 5. The Balaban J connectivity index is 1.85. The van der Waals surface area contributed by atoms with Gasteiger partial charge in [-0.15, -0.1) is 0 Å². The first-order chi connectivity index (χ1) is 11.3. The van der Waals surface area contributed by atoms with Crippen LogP contribution in [0.25, 0.3) is 0 Å². The average molecular weight is 329 g/mol. The largest absolute Gasteiger partial charge is 0.349 e. The molecular formula is C18H23N3O3. The van der Waals surface area contributed by atoms with Crippen LogP contribution in [0.1, 0.15) is 50.2 Å². The highest BCUT2D eigenvalue weighted by Gasteiger charge is 2.20. The van der Waals surface area contributed by atoms with E-state index >= 15 is 0 Å². The molecule has 0 aliphatic heterocycles. The van der Waals surface area contributed by atoms with Crippen molar-refractivity contribution >= 4 is 17.7 Å². The Kier molecular flexibility index (Phi) is 5.39. The number of aromatic nitrogens is 1. The van der Waals surface area contributed by atoms with E-state index in [1.165, 1.54) is 0 Å². The molecule has 6 nitrogen and oxygen atoms in total. The van der Waals surface area contributed by atoms with Crippen molar-refractivity contribution < 1.29 is 14.1 Å². The molecule has 1 heterocycles. The van der Waals surface area contributed by atoms with Crippen LogP contribution in [-0.2, 0) is 10.2 Å². The summed E-state index contributed by atoms with van der Waals surface area (Å²) >= 11 is 0. The van der Waals surface area contributed by atoms with Crippen LogP contribution in [0.5, 0.6) is 0 Å². The van der Waals surface area contributed by atoms with Gasteiger partial charge in [0.1, 0.15) is 0 Å². The van der Waals surface area contributed by atoms with Crippen molar-refractivity contribution in [2.45, 2.75) is 45.6 Å². The van der Waals surface area contributed by atoms with Gasteiger partial charge in [-0.25, -0.2) is 0 Å². The van der Waals surface area contributed by atoms with Crippen molar-refractivity contribution in [3.8, 4) is 0 Å².